The van der Waals surface area contributed by atoms with Crippen LogP contribution in [0, 0.1) is 6.92 Å². The molecule has 0 heterocycles. The Kier molecular flexibility index (Phi) is 8.03. The lowest BCUT2D eigenvalue weighted by Crippen LogP contribution is -2.48. The minimum atomic E-state index is -3.92. The van der Waals surface area contributed by atoms with Gasteiger partial charge in [-0.15, -0.1) is 0 Å². The van der Waals surface area contributed by atoms with Gasteiger partial charge in [0, 0.05) is 6.54 Å². The van der Waals surface area contributed by atoms with E-state index < -0.39 is 16.1 Å². The van der Waals surface area contributed by atoms with Crippen LogP contribution in [0.5, 0.6) is 5.75 Å². The van der Waals surface area contributed by atoms with Crippen molar-refractivity contribution >= 4 is 15.9 Å². The molecule has 0 radical (unpaired) electrons. The molecule has 1 unspecified atom stereocenters. The first-order chi connectivity index (χ1) is 15.4. The molecule has 0 aliphatic rings. The summed E-state index contributed by atoms with van der Waals surface area (Å²) in [5.41, 5.74) is 2.66. The zero-order valence-electron chi connectivity index (χ0n) is 18.2. The van der Waals surface area contributed by atoms with Gasteiger partial charge in [0.05, 0.1) is 12.0 Å². The number of rotatable bonds is 10. The van der Waals surface area contributed by atoms with E-state index in [1.54, 1.807) is 13.0 Å². The maximum Gasteiger partial charge on any atom is 0.241 e. The van der Waals surface area contributed by atoms with Crippen molar-refractivity contribution in [3.8, 4) is 5.75 Å². The van der Waals surface area contributed by atoms with Crippen LogP contribution in [0.15, 0.2) is 83.8 Å². The molecule has 0 saturated carbocycles. The normalized spacial score (nSPS) is 12.2. The van der Waals surface area contributed by atoms with Crippen LogP contribution in [0.3, 0.4) is 0 Å². The number of hydrogen-bond acceptors (Lipinski definition) is 4. The van der Waals surface area contributed by atoms with Crippen LogP contribution in [-0.2, 0) is 27.7 Å². The van der Waals surface area contributed by atoms with E-state index in [-0.39, 0.29) is 17.2 Å². The Morgan fingerprint density at radius 3 is 2.16 bits per heavy atom. The predicted molar refractivity (Wildman–Crippen MR) is 125 cm³/mol. The van der Waals surface area contributed by atoms with E-state index in [0.717, 1.165) is 11.1 Å². The van der Waals surface area contributed by atoms with Crippen molar-refractivity contribution in [3.05, 3.63) is 95.6 Å². The average Bonchev–Trinajstić information content (AvgIpc) is 2.80. The van der Waals surface area contributed by atoms with Crippen LogP contribution in [0.25, 0.3) is 0 Å². The number of carbonyl (C=O) groups excluding carboxylic acids is 1. The van der Waals surface area contributed by atoms with E-state index in [9.17, 15) is 13.2 Å². The van der Waals surface area contributed by atoms with Crippen LogP contribution in [0.4, 0.5) is 0 Å². The highest BCUT2D eigenvalue weighted by atomic mass is 32.2. The number of methoxy groups -OCH3 is 1. The monoisotopic (exact) mass is 452 g/mol. The number of amides is 1. The van der Waals surface area contributed by atoms with Crippen molar-refractivity contribution in [2.75, 3.05) is 13.7 Å². The van der Waals surface area contributed by atoms with Gasteiger partial charge < -0.3 is 10.1 Å². The van der Waals surface area contributed by atoms with E-state index >= 15 is 0 Å². The molecular weight excluding hydrogens is 424 g/mol. The van der Waals surface area contributed by atoms with Crippen molar-refractivity contribution < 1.29 is 17.9 Å². The van der Waals surface area contributed by atoms with E-state index in [2.05, 4.69) is 10.0 Å². The fourth-order valence-electron chi connectivity index (χ4n) is 3.41. The SMILES string of the molecule is COc1ccc(S(=O)(=O)NC(Cc2ccccc2)C(=O)NCCc2ccccc2)cc1C. The van der Waals surface area contributed by atoms with Gasteiger partial charge in [0.1, 0.15) is 11.8 Å². The second kappa shape index (κ2) is 10.9. The Balaban J connectivity index is 1.75. The quantitative estimate of drug-likeness (QED) is 0.495. The van der Waals surface area contributed by atoms with Crippen molar-refractivity contribution in [1.29, 1.82) is 0 Å². The highest BCUT2D eigenvalue weighted by Gasteiger charge is 2.26. The minimum Gasteiger partial charge on any atom is -0.496 e. The van der Waals surface area contributed by atoms with Crippen LogP contribution in [0.1, 0.15) is 16.7 Å². The summed E-state index contributed by atoms with van der Waals surface area (Å²) in [5, 5.41) is 2.87. The zero-order valence-corrected chi connectivity index (χ0v) is 19.1. The van der Waals surface area contributed by atoms with Crippen molar-refractivity contribution in [3.63, 3.8) is 0 Å². The third kappa shape index (κ3) is 6.42. The second-order valence-electron chi connectivity index (χ2n) is 7.52. The maximum absolute atomic E-state index is 13.1. The molecule has 2 N–H and O–H groups in total. The molecule has 32 heavy (non-hydrogen) atoms. The Hall–Kier alpha value is -3.16. The maximum atomic E-state index is 13.1. The highest BCUT2D eigenvalue weighted by molar-refractivity contribution is 7.89. The molecule has 3 aromatic rings. The summed E-state index contributed by atoms with van der Waals surface area (Å²) in [4.78, 5) is 13.0. The fourth-order valence-corrected chi connectivity index (χ4v) is 4.69. The summed E-state index contributed by atoms with van der Waals surface area (Å²) in [6.45, 7) is 2.19. The van der Waals surface area contributed by atoms with E-state index in [1.165, 1.54) is 19.2 Å². The molecule has 6 nitrogen and oxygen atoms in total. The van der Waals surface area contributed by atoms with Gasteiger partial charge in [-0.1, -0.05) is 60.7 Å². The van der Waals surface area contributed by atoms with Gasteiger partial charge in [-0.05, 0) is 54.7 Å². The highest BCUT2D eigenvalue weighted by Crippen LogP contribution is 2.21. The van der Waals surface area contributed by atoms with Crippen molar-refractivity contribution in [1.82, 2.24) is 10.0 Å². The first-order valence-corrected chi connectivity index (χ1v) is 11.9. The number of benzene rings is 3. The number of aryl methyl sites for hydroxylation is 1. The number of ether oxygens (including phenoxy) is 1. The van der Waals surface area contributed by atoms with Gasteiger partial charge in [-0.3, -0.25) is 4.79 Å². The Labute approximate surface area is 189 Å². The van der Waals surface area contributed by atoms with Gasteiger partial charge in [0.15, 0.2) is 0 Å². The third-order valence-corrected chi connectivity index (χ3v) is 6.60. The fraction of sp³-hybridized carbons (Fsp3) is 0.240. The lowest BCUT2D eigenvalue weighted by Gasteiger charge is -2.19. The first-order valence-electron chi connectivity index (χ1n) is 10.4. The number of nitrogens with one attached hydrogen (secondary N) is 2. The Morgan fingerprint density at radius 2 is 1.56 bits per heavy atom. The molecular formula is C25H28N2O4S. The van der Waals surface area contributed by atoms with Crippen LogP contribution < -0.4 is 14.8 Å². The van der Waals surface area contributed by atoms with Gasteiger partial charge >= 0.3 is 0 Å². The number of sulfonamides is 1. The summed E-state index contributed by atoms with van der Waals surface area (Å²) in [5.74, 6) is 0.238. The molecule has 0 bridgehead atoms. The van der Waals surface area contributed by atoms with Crippen molar-refractivity contribution in [2.45, 2.75) is 30.7 Å². The summed E-state index contributed by atoms with van der Waals surface area (Å²) in [6, 6.07) is 22.8. The van der Waals surface area contributed by atoms with Gasteiger partial charge in [-0.2, -0.15) is 4.72 Å². The lowest BCUT2D eigenvalue weighted by molar-refractivity contribution is -0.122. The zero-order chi connectivity index (χ0) is 23.0. The number of carbonyl (C=O) groups is 1. The average molecular weight is 453 g/mol. The van der Waals surface area contributed by atoms with Crippen LogP contribution in [-0.4, -0.2) is 34.0 Å². The molecule has 0 aromatic heterocycles. The topological polar surface area (TPSA) is 84.5 Å². The van der Waals surface area contributed by atoms with Crippen LogP contribution in [0.2, 0.25) is 0 Å². The van der Waals surface area contributed by atoms with Gasteiger partial charge in [0.2, 0.25) is 15.9 Å². The Morgan fingerprint density at radius 1 is 0.938 bits per heavy atom. The van der Waals surface area contributed by atoms with Crippen molar-refractivity contribution in [2.24, 2.45) is 0 Å². The summed E-state index contributed by atoms with van der Waals surface area (Å²) >= 11 is 0. The largest absolute Gasteiger partial charge is 0.496 e. The molecule has 168 valence electrons. The molecule has 3 rings (SSSR count). The molecule has 0 spiro atoms. The number of hydrogen-bond donors (Lipinski definition) is 2. The molecule has 0 aliphatic carbocycles. The van der Waals surface area contributed by atoms with Crippen LogP contribution >= 0.6 is 0 Å². The molecule has 0 aliphatic heterocycles. The molecule has 3 aromatic carbocycles. The second-order valence-corrected chi connectivity index (χ2v) is 9.24. The van der Waals surface area contributed by atoms with Gasteiger partial charge in [-0.25, -0.2) is 8.42 Å². The molecule has 0 saturated heterocycles. The summed E-state index contributed by atoms with van der Waals surface area (Å²) in [7, 11) is -2.38. The third-order valence-electron chi connectivity index (χ3n) is 5.13. The lowest BCUT2D eigenvalue weighted by atomic mass is 10.1. The molecule has 7 heteroatoms. The minimum absolute atomic E-state index is 0.0888. The van der Waals surface area contributed by atoms with Gasteiger partial charge in [0.25, 0.3) is 0 Å². The predicted octanol–water partition coefficient (Wildman–Crippen LogP) is 3.25. The standard InChI is InChI=1S/C25H28N2O4S/c1-19-17-22(13-14-24(19)31-2)32(29,30)27-23(18-21-11-7-4-8-12-21)25(28)26-16-15-20-9-5-3-6-10-20/h3-14,17,23,27H,15-16,18H2,1-2H3,(H,26,28). The first kappa shape index (κ1) is 23.5. The Bertz CT molecular complexity index is 1130. The summed E-state index contributed by atoms with van der Waals surface area (Å²) < 4.78 is 33.9. The molecule has 1 atom stereocenters. The summed E-state index contributed by atoms with van der Waals surface area (Å²) in [6.07, 6.45) is 0.904. The van der Waals surface area contributed by atoms with E-state index in [1.807, 2.05) is 60.7 Å². The smallest absolute Gasteiger partial charge is 0.241 e. The van der Waals surface area contributed by atoms with E-state index in [4.69, 9.17) is 4.74 Å². The molecule has 0 fully saturated rings. The van der Waals surface area contributed by atoms with E-state index in [0.29, 0.717) is 24.3 Å². The molecule has 1 amide bonds.